The first-order chi connectivity index (χ1) is 12.3. The molecule has 2 saturated carbocycles. The normalized spacial score (nSPS) is 37.8. The van der Waals surface area contributed by atoms with Crippen molar-refractivity contribution in [1.29, 1.82) is 0 Å². The van der Waals surface area contributed by atoms with Crippen molar-refractivity contribution in [1.82, 2.24) is 0 Å². The summed E-state index contributed by atoms with van der Waals surface area (Å²) in [5, 5.41) is 0. The zero-order valence-electron chi connectivity index (χ0n) is 18.0. The van der Waals surface area contributed by atoms with Crippen molar-refractivity contribution in [2.24, 2.45) is 22.7 Å². The minimum Gasteiger partial charge on any atom is -0.462 e. The number of rotatable bonds is 5. The molecule has 0 aliphatic heterocycles. The summed E-state index contributed by atoms with van der Waals surface area (Å²) in [6.45, 7) is 13.2. The van der Waals surface area contributed by atoms with Crippen LogP contribution >= 0.6 is 0 Å². The van der Waals surface area contributed by atoms with Crippen LogP contribution in [0.1, 0.15) is 87.0 Å². The summed E-state index contributed by atoms with van der Waals surface area (Å²) in [5.41, 5.74) is -0.904. The van der Waals surface area contributed by atoms with Gasteiger partial charge in [0.15, 0.2) is 0 Å². The Morgan fingerprint density at radius 1 is 0.963 bits per heavy atom. The van der Waals surface area contributed by atoms with Crippen LogP contribution in [0, 0.1) is 22.7 Å². The monoisotopic (exact) mass is 380 g/mol. The van der Waals surface area contributed by atoms with E-state index in [4.69, 9.17) is 9.47 Å². The molecule has 0 heterocycles. The minimum absolute atomic E-state index is 0.0130. The van der Waals surface area contributed by atoms with Crippen LogP contribution in [0.5, 0.6) is 0 Å². The smallest absolute Gasteiger partial charge is 0.303 e. The SMILES string of the molecule is CC(=O)CC[C@@H]1[C@@]2(C)CCCC(C)(C)[C@@H]2[C@@H](OC(C)=O)C[C@@]1(C)OC(C)=O. The van der Waals surface area contributed by atoms with Crippen LogP contribution in [-0.4, -0.2) is 29.4 Å². The van der Waals surface area contributed by atoms with Gasteiger partial charge < -0.3 is 14.3 Å². The van der Waals surface area contributed by atoms with Gasteiger partial charge in [-0.05, 0) is 43.9 Å². The molecule has 0 radical (unpaired) electrons. The third-order valence-electron chi connectivity index (χ3n) is 7.08. The van der Waals surface area contributed by atoms with Gasteiger partial charge in [0, 0.05) is 38.5 Å². The summed E-state index contributed by atoms with van der Waals surface area (Å²) in [4.78, 5) is 35.5. The molecule has 0 aromatic heterocycles. The van der Waals surface area contributed by atoms with Crippen molar-refractivity contribution in [2.45, 2.75) is 98.7 Å². The van der Waals surface area contributed by atoms with Gasteiger partial charge in [-0.15, -0.1) is 0 Å². The highest BCUT2D eigenvalue weighted by Gasteiger charge is 2.63. The third kappa shape index (κ3) is 4.38. The Hall–Kier alpha value is -1.39. The Kier molecular flexibility index (Phi) is 6.13. The molecule has 154 valence electrons. The van der Waals surface area contributed by atoms with E-state index in [9.17, 15) is 14.4 Å². The summed E-state index contributed by atoms with van der Waals surface area (Å²) < 4.78 is 11.7. The molecule has 0 saturated heterocycles. The summed E-state index contributed by atoms with van der Waals surface area (Å²) in [6.07, 6.45) is 4.50. The predicted molar refractivity (Wildman–Crippen MR) is 103 cm³/mol. The molecule has 5 atom stereocenters. The molecule has 0 N–H and O–H groups in total. The van der Waals surface area contributed by atoms with Crippen LogP contribution in [0.2, 0.25) is 0 Å². The van der Waals surface area contributed by atoms with Gasteiger partial charge in [-0.1, -0.05) is 27.2 Å². The van der Waals surface area contributed by atoms with Gasteiger partial charge in [-0.3, -0.25) is 9.59 Å². The van der Waals surface area contributed by atoms with E-state index in [0.717, 1.165) is 19.3 Å². The number of ether oxygens (including phenoxy) is 2. The number of esters is 2. The number of ketones is 1. The molecule has 0 aromatic rings. The van der Waals surface area contributed by atoms with E-state index < -0.39 is 5.60 Å². The molecular weight excluding hydrogens is 344 g/mol. The van der Waals surface area contributed by atoms with E-state index in [0.29, 0.717) is 19.3 Å². The molecule has 0 amide bonds. The van der Waals surface area contributed by atoms with Gasteiger partial charge in [-0.2, -0.15) is 0 Å². The van der Waals surface area contributed by atoms with E-state index in [2.05, 4.69) is 20.8 Å². The molecule has 2 fully saturated rings. The zero-order chi connectivity index (χ0) is 20.6. The van der Waals surface area contributed by atoms with Crippen molar-refractivity contribution in [3.63, 3.8) is 0 Å². The Morgan fingerprint density at radius 2 is 1.59 bits per heavy atom. The van der Waals surface area contributed by atoms with Gasteiger partial charge in [-0.25, -0.2) is 0 Å². The van der Waals surface area contributed by atoms with Crippen molar-refractivity contribution >= 4 is 17.7 Å². The van der Waals surface area contributed by atoms with Crippen LogP contribution in [0.25, 0.3) is 0 Å². The number of carbonyl (C=O) groups is 3. The summed E-state index contributed by atoms with van der Waals surface area (Å²) >= 11 is 0. The second-order valence-electron chi connectivity index (χ2n) is 9.88. The lowest BCUT2D eigenvalue weighted by Crippen LogP contribution is -2.64. The quantitative estimate of drug-likeness (QED) is 0.659. The summed E-state index contributed by atoms with van der Waals surface area (Å²) in [7, 11) is 0. The molecule has 2 rings (SSSR count). The fourth-order valence-electron chi connectivity index (χ4n) is 6.55. The predicted octanol–water partition coefficient (Wildman–Crippen LogP) is 4.46. The van der Waals surface area contributed by atoms with Crippen molar-refractivity contribution in [3.8, 4) is 0 Å². The molecule has 0 spiro atoms. The largest absolute Gasteiger partial charge is 0.462 e. The van der Waals surface area contributed by atoms with Crippen LogP contribution in [0.3, 0.4) is 0 Å². The number of hydrogen-bond donors (Lipinski definition) is 0. The van der Waals surface area contributed by atoms with Crippen molar-refractivity contribution in [3.05, 3.63) is 0 Å². The third-order valence-corrected chi connectivity index (χ3v) is 7.08. The van der Waals surface area contributed by atoms with E-state index in [1.165, 1.54) is 13.8 Å². The molecular formula is C22H36O5. The second kappa shape index (κ2) is 7.56. The van der Waals surface area contributed by atoms with E-state index in [1.54, 1.807) is 6.92 Å². The second-order valence-corrected chi connectivity index (χ2v) is 9.88. The topological polar surface area (TPSA) is 69.7 Å². The molecule has 5 heteroatoms. The maximum Gasteiger partial charge on any atom is 0.303 e. The van der Waals surface area contributed by atoms with Crippen LogP contribution in [-0.2, 0) is 23.9 Å². The van der Waals surface area contributed by atoms with Crippen molar-refractivity contribution < 1.29 is 23.9 Å². The molecule has 0 bridgehead atoms. The van der Waals surface area contributed by atoms with E-state index in [1.807, 2.05) is 6.92 Å². The zero-order valence-corrected chi connectivity index (χ0v) is 18.0. The van der Waals surface area contributed by atoms with Crippen LogP contribution in [0.15, 0.2) is 0 Å². The number of carbonyl (C=O) groups excluding carboxylic acids is 3. The summed E-state index contributed by atoms with van der Waals surface area (Å²) in [5.74, 6) is -0.255. The minimum atomic E-state index is -0.750. The Labute approximate surface area is 163 Å². The first-order valence-corrected chi connectivity index (χ1v) is 10.2. The standard InChI is InChI=1S/C22H36O5/c1-14(23)9-10-18-21(6)12-8-11-20(4,5)19(21)17(26-15(2)24)13-22(18,7)27-16(3)25/h17-19H,8-13H2,1-7H3/t17-,18+,19-,21+,22+/m0/s1. The lowest BCUT2D eigenvalue weighted by Gasteiger charge is -2.63. The molecule has 5 nitrogen and oxygen atoms in total. The first kappa shape index (κ1) is 21.9. The number of fused-ring (bicyclic) bond motifs is 1. The maximum atomic E-state index is 11.9. The maximum absolute atomic E-state index is 11.9. The van der Waals surface area contributed by atoms with Gasteiger partial charge >= 0.3 is 11.9 Å². The fourth-order valence-corrected chi connectivity index (χ4v) is 6.55. The fraction of sp³-hybridized carbons (Fsp3) is 0.864. The molecule has 27 heavy (non-hydrogen) atoms. The van der Waals surface area contributed by atoms with Gasteiger partial charge in [0.2, 0.25) is 0 Å². The highest BCUT2D eigenvalue weighted by atomic mass is 16.6. The molecule has 0 unspecified atom stereocenters. The summed E-state index contributed by atoms with van der Waals surface area (Å²) in [6, 6.07) is 0. The Morgan fingerprint density at radius 3 is 2.11 bits per heavy atom. The van der Waals surface area contributed by atoms with Gasteiger partial charge in [0.25, 0.3) is 0 Å². The van der Waals surface area contributed by atoms with Gasteiger partial charge in [0.05, 0.1) is 0 Å². The van der Waals surface area contributed by atoms with E-state index in [-0.39, 0.29) is 46.5 Å². The van der Waals surface area contributed by atoms with E-state index >= 15 is 0 Å². The van der Waals surface area contributed by atoms with Gasteiger partial charge in [0.1, 0.15) is 17.5 Å². The first-order valence-electron chi connectivity index (χ1n) is 10.2. The Balaban J connectivity index is 2.54. The lowest BCUT2D eigenvalue weighted by molar-refractivity contribution is -0.234. The highest BCUT2D eigenvalue weighted by molar-refractivity contribution is 5.75. The number of hydrogen-bond acceptors (Lipinski definition) is 5. The molecule has 2 aliphatic carbocycles. The lowest BCUT2D eigenvalue weighted by atomic mass is 9.44. The molecule has 0 aromatic carbocycles. The average molecular weight is 381 g/mol. The highest BCUT2D eigenvalue weighted by Crippen LogP contribution is 2.64. The molecule has 2 aliphatic rings. The average Bonchev–Trinajstić information content (AvgIpc) is 2.42. The van der Waals surface area contributed by atoms with Crippen LogP contribution < -0.4 is 0 Å². The van der Waals surface area contributed by atoms with Crippen molar-refractivity contribution in [2.75, 3.05) is 0 Å². The Bertz CT molecular complexity index is 610. The van der Waals surface area contributed by atoms with Crippen LogP contribution in [0.4, 0.5) is 0 Å². The number of Topliss-reactive ketones (excluding diaryl/α,β-unsaturated/α-hetero) is 1.